The molecule has 0 fully saturated rings. The molecule has 0 radical (unpaired) electrons. The highest BCUT2D eigenvalue weighted by molar-refractivity contribution is 7.85. The maximum absolute atomic E-state index is 13.1. The smallest absolute Gasteiger partial charge is 0.341 e. The van der Waals surface area contributed by atoms with Gasteiger partial charge in [0.05, 0.1) is 9.93 Å². The predicted octanol–water partition coefficient (Wildman–Crippen LogP) is 2.83. The Morgan fingerprint density at radius 1 is 1.57 bits per heavy atom. The van der Waals surface area contributed by atoms with Gasteiger partial charge >= 0.3 is 5.97 Å². The van der Waals surface area contributed by atoms with Crippen LogP contribution in [0.2, 0.25) is 5.02 Å². The Bertz CT molecular complexity index is 384. The van der Waals surface area contributed by atoms with Gasteiger partial charge in [-0.05, 0) is 18.2 Å². The van der Waals surface area contributed by atoms with E-state index in [2.05, 4.69) is 12.6 Å². The Hall–Kier alpha value is -1.00. The van der Waals surface area contributed by atoms with Crippen molar-refractivity contribution in [2.45, 2.75) is 0 Å². The molecule has 14 heavy (non-hydrogen) atoms. The summed E-state index contributed by atoms with van der Waals surface area (Å²) in [5, 5.41) is 8.67. The summed E-state index contributed by atoms with van der Waals surface area (Å²) < 4.78 is 13.1. The van der Waals surface area contributed by atoms with Gasteiger partial charge in [0.2, 0.25) is 0 Å². The van der Waals surface area contributed by atoms with E-state index < -0.39 is 11.8 Å². The molecule has 0 bridgehead atoms. The average molecular weight is 233 g/mol. The lowest BCUT2D eigenvalue weighted by Gasteiger charge is -2.00. The van der Waals surface area contributed by atoms with Crippen LogP contribution in [-0.2, 0) is 4.79 Å². The molecule has 2 nitrogen and oxygen atoms in total. The van der Waals surface area contributed by atoms with Gasteiger partial charge in [-0.15, -0.1) is 12.6 Å². The molecule has 0 saturated heterocycles. The standard InChI is InChI=1S/C9H6ClFO2S/c10-6-2-1-3-7(11)5(6)4-8(14)9(12)13/h1-4,14H,(H,12,13)/b8-4-. The molecule has 1 aromatic carbocycles. The third-order valence-corrected chi connectivity index (χ3v) is 2.15. The van der Waals surface area contributed by atoms with Crippen molar-refractivity contribution < 1.29 is 14.3 Å². The van der Waals surface area contributed by atoms with E-state index >= 15 is 0 Å². The van der Waals surface area contributed by atoms with Gasteiger partial charge in [-0.3, -0.25) is 0 Å². The number of carbonyl (C=O) groups is 1. The summed E-state index contributed by atoms with van der Waals surface area (Å²) in [6.07, 6.45) is 1.07. The van der Waals surface area contributed by atoms with Gasteiger partial charge < -0.3 is 5.11 Å². The van der Waals surface area contributed by atoms with Gasteiger partial charge in [-0.2, -0.15) is 0 Å². The van der Waals surface area contributed by atoms with Gasteiger partial charge in [0.1, 0.15) is 5.82 Å². The van der Waals surface area contributed by atoms with Crippen LogP contribution in [0.1, 0.15) is 5.56 Å². The first-order valence-corrected chi connectivity index (χ1v) is 4.43. The van der Waals surface area contributed by atoms with Gasteiger partial charge in [0.15, 0.2) is 0 Å². The second-order valence-corrected chi connectivity index (χ2v) is 3.36. The van der Waals surface area contributed by atoms with E-state index in [1.807, 2.05) is 0 Å². The number of hydrogen-bond donors (Lipinski definition) is 2. The molecule has 0 aliphatic rings. The number of benzene rings is 1. The normalized spacial score (nSPS) is 11.5. The maximum atomic E-state index is 13.1. The number of halogens is 2. The van der Waals surface area contributed by atoms with Crippen LogP contribution in [0.4, 0.5) is 4.39 Å². The minimum absolute atomic E-state index is 0.0292. The summed E-state index contributed by atoms with van der Waals surface area (Å²) in [5.74, 6) is -1.81. The summed E-state index contributed by atoms with van der Waals surface area (Å²) in [7, 11) is 0. The second kappa shape index (κ2) is 4.48. The molecule has 0 aromatic heterocycles. The van der Waals surface area contributed by atoms with E-state index in [4.69, 9.17) is 16.7 Å². The van der Waals surface area contributed by atoms with Crippen LogP contribution in [0.3, 0.4) is 0 Å². The van der Waals surface area contributed by atoms with E-state index in [1.54, 1.807) is 0 Å². The summed E-state index contributed by atoms with van der Waals surface area (Å²) in [6.45, 7) is 0. The molecular weight excluding hydrogens is 227 g/mol. The number of carboxylic acid groups (broad SMARTS) is 1. The Morgan fingerprint density at radius 3 is 2.71 bits per heavy atom. The summed E-state index contributed by atoms with van der Waals surface area (Å²) >= 11 is 9.33. The molecule has 0 aliphatic heterocycles. The second-order valence-electron chi connectivity index (χ2n) is 2.47. The molecule has 1 N–H and O–H groups in total. The largest absolute Gasteiger partial charge is 0.477 e. The predicted molar refractivity (Wildman–Crippen MR) is 56.0 cm³/mol. The van der Waals surface area contributed by atoms with E-state index in [0.29, 0.717) is 0 Å². The van der Waals surface area contributed by atoms with Crippen molar-refractivity contribution in [3.05, 3.63) is 39.5 Å². The molecule has 0 spiro atoms. The highest BCUT2D eigenvalue weighted by atomic mass is 35.5. The molecule has 0 unspecified atom stereocenters. The Balaban J connectivity index is 3.20. The highest BCUT2D eigenvalue weighted by Gasteiger charge is 2.07. The van der Waals surface area contributed by atoms with Crippen LogP contribution in [0.5, 0.6) is 0 Å². The molecule has 0 saturated carbocycles. The lowest BCUT2D eigenvalue weighted by Crippen LogP contribution is -1.94. The van der Waals surface area contributed by atoms with Crippen LogP contribution in [0.25, 0.3) is 6.08 Å². The number of carboxylic acids is 1. The fourth-order valence-electron chi connectivity index (χ4n) is 0.847. The number of thiol groups is 1. The Labute approximate surface area is 90.4 Å². The topological polar surface area (TPSA) is 37.3 Å². The molecule has 1 aromatic rings. The van der Waals surface area contributed by atoms with Gasteiger partial charge in [-0.25, -0.2) is 9.18 Å². The number of aliphatic carboxylic acids is 1. The van der Waals surface area contributed by atoms with Gasteiger partial charge in [-0.1, -0.05) is 17.7 Å². The Kier molecular flexibility index (Phi) is 3.55. The van der Waals surface area contributed by atoms with Crippen molar-refractivity contribution >= 4 is 36.3 Å². The van der Waals surface area contributed by atoms with Gasteiger partial charge in [0, 0.05) is 5.56 Å². The third-order valence-electron chi connectivity index (χ3n) is 1.50. The zero-order chi connectivity index (χ0) is 10.7. The van der Waals surface area contributed by atoms with Gasteiger partial charge in [0.25, 0.3) is 0 Å². The van der Waals surface area contributed by atoms with Crippen molar-refractivity contribution in [1.82, 2.24) is 0 Å². The van der Waals surface area contributed by atoms with Crippen molar-refractivity contribution in [2.24, 2.45) is 0 Å². The lowest BCUT2D eigenvalue weighted by molar-refractivity contribution is -0.131. The number of rotatable bonds is 2. The maximum Gasteiger partial charge on any atom is 0.341 e. The van der Waals surface area contributed by atoms with Crippen molar-refractivity contribution in [3.63, 3.8) is 0 Å². The minimum Gasteiger partial charge on any atom is -0.477 e. The number of hydrogen-bond acceptors (Lipinski definition) is 2. The average Bonchev–Trinajstić information content (AvgIpc) is 2.11. The van der Waals surface area contributed by atoms with Crippen LogP contribution in [0.15, 0.2) is 23.1 Å². The SMILES string of the molecule is O=C(O)/C(S)=C/c1c(F)cccc1Cl. The van der Waals surface area contributed by atoms with Crippen molar-refractivity contribution in [3.8, 4) is 0 Å². The monoisotopic (exact) mass is 232 g/mol. The van der Waals surface area contributed by atoms with Crippen LogP contribution < -0.4 is 0 Å². The van der Waals surface area contributed by atoms with Crippen LogP contribution >= 0.6 is 24.2 Å². The van der Waals surface area contributed by atoms with E-state index in [9.17, 15) is 9.18 Å². The van der Waals surface area contributed by atoms with Crippen molar-refractivity contribution in [2.75, 3.05) is 0 Å². The summed E-state index contributed by atoms with van der Waals surface area (Å²) in [4.78, 5) is 10.1. The summed E-state index contributed by atoms with van der Waals surface area (Å²) in [6, 6.07) is 4.11. The molecule has 1 rings (SSSR count). The zero-order valence-corrected chi connectivity index (χ0v) is 8.52. The fraction of sp³-hybridized carbons (Fsp3) is 0. The molecule has 0 heterocycles. The van der Waals surface area contributed by atoms with E-state index in [0.717, 1.165) is 6.08 Å². The first kappa shape index (κ1) is 11.1. The molecule has 0 aliphatic carbocycles. The molecular formula is C9H6ClFO2S. The van der Waals surface area contributed by atoms with E-state index in [1.165, 1.54) is 18.2 Å². The Morgan fingerprint density at radius 2 is 2.21 bits per heavy atom. The molecule has 5 heteroatoms. The molecule has 0 amide bonds. The summed E-state index contributed by atoms with van der Waals surface area (Å²) in [5.41, 5.74) is 0.0292. The van der Waals surface area contributed by atoms with Crippen molar-refractivity contribution in [1.29, 1.82) is 0 Å². The molecule has 0 atom stereocenters. The van der Waals surface area contributed by atoms with E-state index in [-0.39, 0.29) is 15.5 Å². The third kappa shape index (κ3) is 2.49. The van der Waals surface area contributed by atoms with Crippen LogP contribution in [0, 0.1) is 5.82 Å². The molecule has 74 valence electrons. The quantitative estimate of drug-likeness (QED) is 0.608. The minimum atomic E-state index is -1.23. The highest BCUT2D eigenvalue weighted by Crippen LogP contribution is 2.22. The van der Waals surface area contributed by atoms with Crippen LogP contribution in [-0.4, -0.2) is 11.1 Å². The first-order chi connectivity index (χ1) is 6.52. The first-order valence-electron chi connectivity index (χ1n) is 3.60. The lowest BCUT2D eigenvalue weighted by atomic mass is 10.2. The zero-order valence-electron chi connectivity index (χ0n) is 6.87. The fourth-order valence-corrected chi connectivity index (χ4v) is 1.19.